The van der Waals surface area contributed by atoms with Gasteiger partial charge in [-0.15, -0.1) is 0 Å². The number of carbonyl (C=O) groups excluding carboxylic acids is 1. The first kappa shape index (κ1) is 14.1. The van der Waals surface area contributed by atoms with Crippen molar-refractivity contribution in [3.63, 3.8) is 0 Å². The lowest BCUT2D eigenvalue weighted by molar-refractivity contribution is -0.128. The fourth-order valence-corrected chi connectivity index (χ4v) is 1.61. The van der Waals surface area contributed by atoms with Gasteiger partial charge in [0.05, 0.1) is 5.41 Å². The zero-order chi connectivity index (χ0) is 13.6. The molecule has 1 amide bonds. The van der Waals surface area contributed by atoms with Crippen LogP contribution in [0.3, 0.4) is 0 Å². The van der Waals surface area contributed by atoms with Gasteiger partial charge in [0, 0.05) is 31.9 Å². The second-order valence-corrected chi connectivity index (χ2v) is 4.69. The second-order valence-electron chi connectivity index (χ2n) is 4.69. The third-order valence-electron chi connectivity index (χ3n) is 2.72. The van der Waals surface area contributed by atoms with Gasteiger partial charge in [0.25, 0.3) is 0 Å². The van der Waals surface area contributed by atoms with Gasteiger partial charge >= 0.3 is 0 Å². The third-order valence-corrected chi connectivity index (χ3v) is 2.72. The van der Waals surface area contributed by atoms with E-state index in [0.717, 1.165) is 5.56 Å². The number of nitrogens with zero attached hydrogens (tertiary/aromatic N) is 2. The van der Waals surface area contributed by atoms with Crippen LogP contribution in [0.2, 0.25) is 0 Å². The molecule has 0 aliphatic rings. The van der Waals surface area contributed by atoms with Crippen LogP contribution in [0.5, 0.6) is 0 Å². The zero-order valence-electron chi connectivity index (χ0n) is 10.9. The molecule has 0 aromatic carbocycles. The molecule has 5 nitrogen and oxygen atoms in total. The van der Waals surface area contributed by atoms with Crippen LogP contribution in [-0.4, -0.2) is 24.5 Å². The predicted octanol–water partition coefficient (Wildman–Crippen LogP) is 0.815. The van der Waals surface area contributed by atoms with Crippen LogP contribution in [0, 0.1) is 16.7 Å². The fourth-order valence-electron chi connectivity index (χ4n) is 1.61. The molecule has 1 aromatic rings. The Balaban J connectivity index is 2.57. The molecule has 2 N–H and O–H groups in total. The first-order valence-electron chi connectivity index (χ1n) is 5.78. The van der Waals surface area contributed by atoms with Gasteiger partial charge < -0.3 is 10.6 Å². The highest BCUT2D eigenvalue weighted by molar-refractivity contribution is 5.81. The minimum atomic E-state index is -0.482. The summed E-state index contributed by atoms with van der Waals surface area (Å²) in [5, 5.41) is 14.7. The molecule has 1 heterocycles. The highest BCUT2D eigenvalue weighted by atomic mass is 16.2. The van der Waals surface area contributed by atoms with Gasteiger partial charge in [-0.25, -0.2) is 4.98 Å². The first-order valence-corrected chi connectivity index (χ1v) is 5.78. The van der Waals surface area contributed by atoms with E-state index in [-0.39, 0.29) is 5.91 Å². The Morgan fingerprint density at radius 3 is 2.89 bits per heavy atom. The largest absolute Gasteiger partial charge is 0.359 e. The topological polar surface area (TPSA) is 77.8 Å². The maximum absolute atomic E-state index is 11.6. The number of pyridine rings is 1. The summed E-state index contributed by atoms with van der Waals surface area (Å²) in [6.45, 7) is 4.80. The normalized spacial score (nSPS) is 10.8. The summed E-state index contributed by atoms with van der Waals surface area (Å²) in [6.07, 6.45) is 1.59. The van der Waals surface area contributed by atoms with E-state index in [1.54, 1.807) is 19.3 Å². The van der Waals surface area contributed by atoms with Crippen LogP contribution in [0.4, 0.5) is 0 Å². The molecule has 0 bridgehead atoms. The lowest BCUT2D eigenvalue weighted by Gasteiger charge is -2.23. The number of hydrogen-bond acceptors (Lipinski definition) is 4. The average Bonchev–Trinajstić information content (AvgIpc) is 2.38. The molecular weight excluding hydrogens is 228 g/mol. The molecule has 0 radical (unpaired) electrons. The number of aromatic nitrogens is 1. The van der Waals surface area contributed by atoms with E-state index in [4.69, 9.17) is 5.26 Å². The van der Waals surface area contributed by atoms with E-state index in [2.05, 4.69) is 15.6 Å². The number of hydrogen-bond donors (Lipinski definition) is 2. The molecule has 18 heavy (non-hydrogen) atoms. The van der Waals surface area contributed by atoms with Crippen molar-refractivity contribution in [1.82, 2.24) is 15.6 Å². The maximum Gasteiger partial charge on any atom is 0.226 e. The van der Waals surface area contributed by atoms with Crippen molar-refractivity contribution < 1.29 is 4.79 Å². The zero-order valence-corrected chi connectivity index (χ0v) is 10.9. The molecule has 96 valence electrons. The number of nitriles is 1. The van der Waals surface area contributed by atoms with E-state index in [9.17, 15) is 4.79 Å². The van der Waals surface area contributed by atoms with E-state index in [0.29, 0.717) is 18.8 Å². The second kappa shape index (κ2) is 6.12. The quantitative estimate of drug-likeness (QED) is 0.806. The monoisotopic (exact) mass is 246 g/mol. The number of nitrogens with one attached hydrogen (secondary N) is 2. The molecule has 0 unspecified atom stereocenters. The lowest BCUT2D eigenvalue weighted by Crippen LogP contribution is -2.41. The summed E-state index contributed by atoms with van der Waals surface area (Å²) >= 11 is 0. The van der Waals surface area contributed by atoms with Gasteiger partial charge in [0.15, 0.2) is 0 Å². The van der Waals surface area contributed by atoms with Gasteiger partial charge in [0.1, 0.15) is 11.8 Å². The molecule has 0 fully saturated rings. The Morgan fingerprint density at radius 1 is 1.56 bits per heavy atom. The molecule has 1 rings (SSSR count). The Labute approximate surface area is 107 Å². The third kappa shape index (κ3) is 3.54. The number of rotatable bonds is 5. The molecular formula is C13H18N4O. The molecule has 0 aliphatic carbocycles. The smallest absolute Gasteiger partial charge is 0.226 e. The van der Waals surface area contributed by atoms with Gasteiger partial charge in [-0.05, 0) is 19.9 Å². The van der Waals surface area contributed by atoms with Gasteiger partial charge in [-0.1, -0.05) is 6.07 Å². The molecule has 1 aromatic heterocycles. The first-order chi connectivity index (χ1) is 8.51. The van der Waals surface area contributed by atoms with Gasteiger partial charge in [-0.3, -0.25) is 4.79 Å². The van der Waals surface area contributed by atoms with E-state index >= 15 is 0 Å². The lowest BCUT2D eigenvalue weighted by atomic mass is 9.92. The summed E-state index contributed by atoms with van der Waals surface area (Å²) < 4.78 is 0. The highest BCUT2D eigenvalue weighted by Crippen LogP contribution is 2.13. The number of amides is 1. The Hall–Kier alpha value is -1.93. The van der Waals surface area contributed by atoms with Crippen LogP contribution in [-0.2, 0) is 11.3 Å². The molecule has 0 saturated heterocycles. The SMILES string of the molecule is CNC(=O)C(C)(C)CNCc1cccnc1C#N. The summed E-state index contributed by atoms with van der Waals surface area (Å²) in [6, 6.07) is 5.69. The summed E-state index contributed by atoms with van der Waals surface area (Å²) in [4.78, 5) is 15.6. The number of carbonyl (C=O) groups is 1. The maximum atomic E-state index is 11.6. The molecule has 5 heteroatoms. The molecule has 0 spiro atoms. The van der Waals surface area contributed by atoms with Crippen LogP contribution >= 0.6 is 0 Å². The highest BCUT2D eigenvalue weighted by Gasteiger charge is 2.25. The van der Waals surface area contributed by atoms with Crippen LogP contribution in [0.1, 0.15) is 25.1 Å². The van der Waals surface area contributed by atoms with Crippen molar-refractivity contribution >= 4 is 5.91 Å². The summed E-state index contributed by atoms with van der Waals surface area (Å²) in [7, 11) is 1.62. The minimum absolute atomic E-state index is 0.0123. The Bertz CT molecular complexity index is 462. The van der Waals surface area contributed by atoms with Crippen molar-refractivity contribution in [3.8, 4) is 6.07 Å². The molecule has 0 saturated carbocycles. The Kier molecular flexibility index (Phi) is 4.81. The van der Waals surface area contributed by atoms with Crippen LogP contribution in [0.15, 0.2) is 18.3 Å². The van der Waals surface area contributed by atoms with Crippen molar-refractivity contribution in [2.45, 2.75) is 20.4 Å². The molecule has 0 atom stereocenters. The van der Waals surface area contributed by atoms with E-state index in [1.165, 1.54) is 0 Å². The standard InChI is InChI=1S/C13H18N4O/c1-13(2,12(18)15-3)9-16-8-10-5-4-6-17-11(10)7-14/h4-6,16H,8-9H2,1-3H3,(H,15,18). The summed E-state index contributed by atoms with van der Waals surface area (Å²) in [5.74, 6) is -0.0123. The average molecular weight is 246 g/mol. The van der Waals surface area contributed by atoms with Gasteiger partial charge in [0.2, 0.25) is 5.91 Å². The fraction of sp³-hybridized carbons (Fsp3) is 0.462. The van der Waals surface area contributed by atoms with Crippen molar-refractivity contribution in [1.29, 1.82) is 5.26 Å². The van der Waals surface area contributed by atoms with Crippen LogP contribution in [0.25, 0.3) is 0 Å². The van der Waals surface area contributed by atoms with Crippen molar-refractivity contribution in [2.24, 2.45) is 5.41 Å². The van der Waals surface area contributed by atoms with E-state index in [1.807, 2.05) is 26.0 Å². The predicted molar refractivity (Wildman–Crippen MR) is 68.5 cm³/mol. The molecule has 0 aliphatic heterocycles. The van der Waals surface area contributed by atoms with Gasteiger partial charge in [-0.2, -0.15) is 5.26 Å². The summed E-state index contributed by atoms with van der Waals surface area (Å²) in [5.41, 5.74) is 0.777. The van der Waals surface area contributed by atoms with E-state index < -0.39 is 5.41 Å². The van der Waals surface area contributed by atoms with Crippen LogP contribution < -0.4 is 10.6 Å². The van der Waals surface area contributed by atoms with Crippen molar-refractivity contribution in [3.05, 3.63) is 29.6 Å². The minimum Gasteiger partial charge on any atom is -0.359 e. The Morgan fingerprint density at radius 2 is 2.28 bits per heavy atom. The van der Waals surface area contributed by atoms with Crippen molar-refractivity contribution in [2.75, 3.05) is 13.6 Å².